The number of hydrogen-bond acceptors (Lipinski definition) is 11. The van der Waals surface area contributed by atoms with Crippen molar-refractivity contribution in [2.75, 3.05) is 33.1 Å². The second-order valence-corrected chi connectivity index (χ2v) is 14.5. The van der Waals surface area contributed by atoms with Gasteiger partial charge in [0, 0.05) is 25.2 Å². The highest BCUT2D eigenvalue weighted by Crippen LogP contribution is 2.35. The summed E-state index contributed by atoms with van der Waals surface area (Å²) in [6.07, 6.45) is -2.83. The molecule has 3 N–H and O–H groups in total. The number of ether oxygens (including phenoxy) is 6. The van der Waals surface area contributed by atoms with Crippen LogP contribution in [0.3, 0.4) is 0 Å². The van der Waals surface area contributed by atoms with Gasteiger partial charge in [-0.2, -0.15) is 4.31 Å². The zero-order valence-electron chi connectivity index (χ0n) is 26.9. The zero-order valence-corrected chi connectivity index (χ0v) is 27.7. The van der Waals surface area contributed by atoms with E-state index < -0.39 is 46.7 Å². The van der Waals surface area contributed by atoms with Crippen molar-refractivity contribution in [2.45, 2.75) is 76.0 Å². The minimum atomic E-state index is -4.09. The summed E-state index contributed by atoms with van der Waals surface area (Å²) >= 11 is 0. The Morgan fingerprint density at radius 2 is 1.72 bits per heavy atom. The smallest absolute Gasteiger partial charge is 0.412 e. The Balaban J connectivity index is 1.33. The summed E-state index contributed by atoms with van der Waals surface area (Å²) in [6, 6.07) is 9.91. The summed E-state index contributed by atoms with van der Waals surface area (Å²) < 4.78 is 61.8. The van der Waals surface area contributed by atoms with Gasteiger partial charge in [-0.05, 0) is 62.4 Å². The Hall–Kier alpha value is -3.63. The molecule has 2 fully saturated rings. The molecule has 47 heavy (non-hydrogen) atoms. The topological polar surface area (TPSA) is 171 Å². The number of fused-ring (bicyclic) bond motifs is 2. The fourth-order valence-corrected chi connectivity index (χ4v) is 7.31. The van der Waals surface area contributed by atoms with E-state index in [1.165, 1.54) is 22.5 Å². The molecule has 5 rings (SSSR count). The van der Waals surface area contributed by atoms with Crippen LogP contribution < -0.4 is 24.8 Å². The van der Waals surface area contributed by atoms with Crippen molar-refractivity contribution in [3.63, 3.8) is 0 Å². The van der Waals surface area contributed by atoms with E-state index in [-0.39, 0.29) is 55.7 Å². The van der Waals surface area contributed by atoms with Gasteiger partial charge in [0.1, 0.15) is 11.9 Å². The summed E-state index contributed by atoms with van der Waals surface area (Å²) in [7, 11) is -4.09. The van der Waals surface area contributed by atoms with Crippen LogP contribution in [0.4, 0.5) is 9.59 Å². The number of nitrogens with zero attached hydrogens (tertiary/aromatic N) is 1. The lowest BCUT2D eigenvalue weighted by molar-refractivity contribution is -0.0907. The van der Waals surface area contributed by atoms with Gasteiger partial charge in [0.05, 0.1) is 36.2 Å². The van der Waals surface area contributed by atoms with Gasteiger partial charge in [-0.1, -0.05) is 26.0 Å². The van der Waals surface area contributed by atoms with Crippen LogP contribution in [0.5, 0.6) is 17.2 Å². The number of carbonyl (C=O) groups is 2. The minimum Gasteiger partial charge on any atom is -0.454 e. The third-order valence-electron chi connectivity index (χ3n) is 7.95. The van der Waals surface area contributed by atoms with Crippen LogP contribution in [-0.2, 0) is 30.7 Å². The van der Waals surface area contributed by atoms with E-state index in [0.29, 0.717) is 35.8 Å². The molecule has 3 aliphatic heterocycles. The molecule has 0 spiro atoms. The molecular weight excluding hydrogens is 634 g/mol. The van der Waals surface area contributed by atoms with Crippen LogP contribution >= 0.6 is 0 Å². The molecule has 5 atom stereocenters. The summed E-state index contributed by atoms with van der Waals surface area (Å²) in [4.78, 5) is 25.2. The number of amides is 2. The van der Waals surface area contributed by atoms with Crippen LogP contribution in [0, 0.1) is 11.8 Å². The van der Waals surface area contributed by atoms with Crippen LogP contribution in [0.15, 0.2) is 47.4 Å². The molecule has 0 saturated carbocycles. The van der Waals surface area contributed by atoms with E-state index in [0.717, 1.165) is 0 Å². The Bertz CT molecular complexity index is 1500. The van der Waals surface area contributed by atoms with Crippen molar-refractivity contribution in [1.82, 2.24) is 14.9 Å². The van der Waals surface area contributed by atoms with Gasteiger partial charge < -0.3 is 44.2 Å². The number of benzene rings is 2. The van der Waals surface area contributed by atoms with Crippen LogP contribution in [-0.4, -0.2) is 93.7 Å². The van der Waals surface area contributed by atoms with Gasteiger partial charge in [-0.15, -0.1) is 0 Å². The van der Waals surface area contributed by atoms with E-state index in [1.807, 2.05) is 27.7 Å². The summed E-state index contributed by atoms with van der Waals surface area (Å²) in [5.41, 5.74) is 0.688. The number of hydrogen-bond donors (Lipinski definition) is 3. The summed E-state index contributed by atoms with van der Waals surface area (Å²) in [6.45, 7) is 7.87. The molecule has 0 radical (unpaired) electrons. The van der Waals surface area contributed by atoms with Crippen LogP contribution in [0.1, 0.15) is 39.7 Å². The van der Waals surface area contributed by atoms with E-state index >= 15 is 0 Å². The van der Waals surface area contributed by atoms with Gasteiger partial charge in [-0.25, -0.2) is 18.0 Å². The lowest BCUT2D eigenvalue weighted by atomic mass is 10.0. The standard InChI is InChI=1S/C32H43N3O11S/c1-19(2)15-35(47(39,40)23-9-10-27-28(14-23)44-18-43-27)16-26(36)25(34-32(38)46-29-17-42-30-24(29)11-12-41-30)13-21-5-7-22(8-6-21)45-31(37)33-20(3)4/h5-10,14,19-20,24-26,29-30,36H,11-13,15-18H2,1-4H3,(H,33,37)(H,34,38). The van der Waals surface area contributed by atoms with Crippen LogP contribution in [0.25, 0.3) is 0 Å². The molecule has 3 heterocycles. The van der Waals surface area contributed by atoms with E-state index in [1.54, 1.807) is 24.3 Å². The average Bonchev–Trinajstić information content (AvgIpc) is 3.75. The highest BCUT2D eigenvalue weighted by molar-refractivity contribution is 7.89. The first-order valence-electron chi connectivity index (χ1n) is 15.7. The fourth-order valence-electron chi connectivity index (χ4n) is 5.67. The number of carbonyl (C=O) groups excluding carboxylic acids is 2. The van der Waals surface area contributed by atoms with Crippen molar-refractivity contribution in [2.24, 2.45) is 11.8 Å². The van der Waals surface area contributed by atoms with Crippen LogP contribution in [0.2, 0.25) is 0 Å². The Morgan fingerprint density at radius 1 is 0.979 bits per heavy atom. The normalized spacial score (nSPS) is 21.5. The molecule has 2 saturated heterocycles. The molecule has 15 heteroatoms. The number of alkyl carbamates (subject to hydrolysis) is 1. The van der Waals surface area contributed by atoms with Gasteiger partial charge in [0.15, 0.2) is 17.8 Å². The lowest BCUT2D eigenvalue weighted by Gasteiger charge is -2.31. The maximum atomic E-state index is 13.9. The van der Waals surface area contributed by atoms with Crippen molar-refractivity contribution in [3.8, 4) is 17.2 Å². The summed E-state index contributed by atoms with van der Waals surface area (Å²) in [5, 5.41) is 17.0. The van der Waals surface area contributed by atoms with E-state index in [9.17, 15) is 23.1 Å². The molecule has 5 unspecified atom stereocenters. The third-order valence-corrected chi connectivity index (χ3v) is 9.78. The molecule has 2 aromatic carbocycles. The molecule has 0 aliphatic carbocycles. The van der Waals surface area contributed by atoms with Gasteiger partial charge in [-0.3, -0.25) is 0 Å². The second kappa shape index (κ2) is 15.1. The maximum absolute atomic E-state index is 13.9. The first-order chi connectivity index (χ1) is 22.4. The number of rotatable bonds is 13. The molecule has 258 valence electrons. The Morgan fingerprint density at radius 3 is 2.45 bits per heavy atom. The predicted octanol–water partition coefficient (Wildman–Crippen LogP) is 3.02. The first-order valence-corrected chi connectivity index (χ1v) is 17.2. The first kappa shape index (κ1) is 34.7. The molecule has 2 amide bonds. The Labute approximate surface area is 274 Å². The van der Waals surface area contributed by atoms with Crippen molar-refractivity contribution in [3.05, 3.63) is 48.0 Å². The fraction of sp³-hybridized carbons (Fsp3) is 0.562. The van der Waals surface area contributed by atoms with E-state index in [4.69, 9.17) is 28.4 Å². The number of nitrogens with one attached hydrogen (secondary N) is 2. The van der Waals surface area contributed by atoms with Gasteiger partial charge in [0.25, 0.3) is 0 Å². The molecule has 0 bridgehead atoms. The third kappa shape index (κ3) is 8.84. The molecule has 14 nitrogen and oxygen atoms in total. The Kier molecular flexibility index (Phi) is 11.1. The highest BCUT2D eigenvalue weighted by Gasteiger charge is 2.44. The lowest BCUT2D eigenvalue weighted by Crippen LogP contribution is -2.51. The zero-order chi connectivity index (χ0) is 33.7. The molecular formula is C32H43N3O11S. The monoisotopic (exact) mass is 677 g/mol. The number of aliphatic hydroxyl groups excluding tert-OH is 1. The largest absolute Gasteiger partial charge is 0.454 e. The quantitative estimate of drug-likeness (QED) is 0.285. The SMILES string of the molecule is CC(C)CN(CC(O)C(Cc1ccc(OC(=O)NC(C)C)cc1)NC(=O)OC1COC2OCCC12)S(=O)(=O)c1ccc2c(c1)OCO2. The van der Waals surface area contributed by atoms with E-state index in [2.05, 4.69) is 10.6 Å². The van der Waals surface area contributed by atoms with Crippen molar-refractivity contribution < 1.29 is 51.5 Å². The molecule has 0 aromatic heterocycles. The van der Waals surface area contributed by atoms with Crippen molar-refractivity contribution in [1.29, 1.82) is 0 Å². The summed E-state index contributed by atoms with van der Waals surface area (Å²) in [5.74, 6) is 0.911. The second-order valence-electron chi connectivity index (χ2n) is 12.6. The minimum absolute atomic E-state index is 0.00361. The molecule has 2 aromatic rings. The highest BCUT2D eigenvalue weighted by atomic mass is 32.2. The maximum Gasteiger partial charge on any atom is 0.412 e. The average molecular weight is 678 g/mol. The number of sulfonamides is 1. The van der Waals surface area contributed by atoms with Gasteiger partial charge in [0.2, 0.25) is 16.8 Å². The predicted molar refractivity (Wildman–Crippen MR) is 168 cm³/mol. The van der Waals surface area contributed by atoms with Crippen molar-refractivity contribution >= 4 is 22.2 Å². The molecule has 3 aliphatic rings. The van der Waals surface area contributed by atoms with Gasteiger partial charge >= 0.3 is 12.2 Å². The number of aliphatic hydroxyl groups is 1.